The molecule has 142 valence electrons. The van der Waals surface area contributed by atoms with Crippen molar-refractivity contribution in [2.24, 2.45) is 10.9 Å². The fourth-order valence-corrected chi connectivity index (χ4v) is 2.20. The summed E-state index contributed by atoms with van der Waals surface area (Å²) in [7, 11) is 3.65. The number of alkyl halides is 2. The van der Waals surface area contributed by atoms with Gasteiger partial charge in [-0.15, -0.1) is 0 Å². The maximum Gasteiger partial charge on any atom is 0.387 e. The second-order valence-electron chi connectivity index (χ2n) is 6.17. The first-order valence-electron chi connectivity index (χ1n) is 8.45. The Balaban J connectivity index is 2.36. The highest BCUT2D eigenvalue weighted by molar-refractivity contribution is 5.79. The highest BCUT2D eigenvalue weighted by Crippen LogP contribution is 2.15. The van der Waals surface area contributed by atoms with Gasteiger partial charge in [-0.25, -0.2) is 0 Å². The standard InChI is InChI=1S/C18H29F2N3O2/c1-14(2)13-24-11-5-10-22-18(21-3)23(4)12-15-6-8-16(9-7-15)25-17(19)20/h6-9,14,17H,5,10-13H2,1-4H3,(H,21,22). The van der Waals surface area contributed by atoms with Crippen LogP contribution < -0.4 is 10.1 Å². The van der Waals surface area contributed by atoms with Crippen molar-refractivity contribution < 1.29 is 18.3 Å². The zero-order valence-corrected chi connectivity index (χ0v) is 15.5. The number of halogens is 2. The Labute approximate surface area is 149 Å². The maximum absolute atomic E-state index is 12.2. The van der Waals surface area contributed by atoms with Gasteiger partial charge in [0.25, 0.3) is 0 Å². The van der Waals surface area contributed by atoms with E-state index in [9.17, 15) is 8.78 Å². The van der Waals surface area contributed by atoms with Crippen molar-refractivity contribution in [1.29, 1.82) is 0 Å². The summed E-state index contributed by atoms with van der Waals surface area (Å²) in [5.74, 6) is 1.48. The van der Waals surface area contributed by atoms with E-state index in [4.69, 9.17) is 4.74 Å². The molecular weight excluding hydrogens is 328 g/mol. The van der Waals surface area contributed by atoms with Gasteiger partial charge in [-0.05, 0) is 30.0 Å². The fraction of sp³-hybridized carbons (Fsp3) is 0.611. The smallest absolute Gasteiger partial charge is 0.387 e. The molecule has 0 saturated heterocycles. The maximum atomic E-state index is 12.2. The molecule has 1 rings (SSSR count). The summed E-state index contributed by atoms with van der Waals surface area (Å²) in [6, 6.07) is 6.61. The minimum absolute atomic E-state index is 0.158. The lowest BCUT2D eigenvalue weighted by Gasteiger charge is -2.22. The van der Waals surface area contributed by atoms with E-state index >= 15 is 0 Å². The van der Waals surface area contributed by atoms with Crippen molar-refractivity contribution in [3.8, 4) is 5.75 Å². The van der Waals surface area contributed by atoms with Crippen LogP contribution in [0.1, 0.15) is 25.8 Å². The molecule has 5 nitrogen and oxygen atoms in total. The van der Waals surface area contributed by atoms with Crippen molar-refractivity contribution in [2.75, 3.05) is 33.9 Å². The predicted octanol–water partition coefficient (Wildman–Crippen LogP) is 3.36. The van der Waals surface area contributed by atoms with Gasteiger partial charge in [0, 0.05) is 40.4 Å². The van der Waals surface area contributed by atoms with Gasteiger partial charge in [0.2, 0.25) is 0 Å². The quantitative estimate of drug-likeness (QED) is 0.396. The van der Waals surface area contributed by atoms with Gasteiger partial charge < -0.3 is 19.7 Å². The number of guanidine groups is 1. The molecule has 1 aromatic carbocycles. The summed E-state index contributed by atoms with van der Waals surface area (Å²) in [6.45, 7) is 4.33. The molecule has 25 heavy (non-hydrogen) atoms. The number of aliphatic imine (C=N–C) groups is 1. The van der Waals surface area contributed by atoms with E-state index in [-0.39, 0.29) is 5.75 Å². The average Bonchev–Trinajstić information content (AvgIpc) is 2.55. The fourth-order valence-electron chi connectivity index (χ4n) is 2.20. The summed E-state index contributed by atoms with van der Waals surface area (Å²) < 4.78 is 34.2. The molecule has 0 aliphatic heterocycles. The molecule has 0 radical (unpaired) electrons. The van der Waals surface area contributed by atoms with Gasteiger partial charge in [0.05, 0.1) is 0 Å². The molecule has 1 N–H and O–H groups in total. The van der Waals surface area contributed by atoms with Crippen LogP contribution in [0.25, 0.3) is 0 Å². The second kappa shape index (κ2) is 11.6. The van der Waals surface area contributed by atoms with Crippen LogP contribution in [0.5, 0.6) is 5.75 Å². The third kappa shape index (κ3) is 9.24. The Hall–Kier alpha value is -1.89. The second-order valence-corrected chi connectivity index (χ2v) is 6.17. The number of hydrogen-bond acceptors (Lipinski definition) is 3. The van der Waals surface area contributed by atoms with Crippen LogP contribution in [-0.2, 0) is 11.3 Å². The van der Waals surface area contributed by atoms with E-state index in [0.29, 0.717) is 12.5 Å². The molecule has 0 aromatic heterocycles. The van der Waals surface area contributed by atoms with Crippen LogP contribution in [0.3, 0.4) is 0 Å². The molecule has 0 spiro atoms. The molecule has 0 fully saturated rings. The normalized spacial score (nSPS) is 11.9. The van der Waals surface area contributed by atoms with Crippen LogP contribution in [0.2, 0.25) is 0 Å². The number of nitrogens with one attached hydrogen (secondary N) is 1. The highest BCUT2D eigenvalue weighted by Gasteiger charge is 2.08. The first-order chi connectivity index (χ1) is 11.9. The zero-order chi connectivity index (χ0) is 18.7. The average molecular weight is 357 g/mol. The van der Waals surface area contributed by atoms with Gasteiger partial charge in [0.15, 0.2) is 5.96 Å². The predicted molar refractivity (Wildman–Crippen MR) is 96.2 cm³/mol. The zero-order valence-electron chi connectivity index (χ0n) is 15.5. The molecule has 0 bridgehead atoms. The highest BCUT2D eigenvalue weighted by atomic mass is 19.3. The van der Waals surface area contributed by atoms with Crippen LogP contribution in [0.15, 0.2) is 29.3 Å². The molecule has 0 heterocycles. The van der Waals surface area contributed by atoms with Gasteiger partial charge >= 0.3 is 6.61 Å². The molecule has 0 saturated carbocycles. The van der Waals surface area contributed by atoms with E-state index in [1.165, 1.54) is 12.1 Å². The lowest BCUT2D eigenvalue weighted by Crippen LogP contribution is -2.39. The Morgan fingerprint density at radius 1 is 1.24 bits per heavy atom. The van der Waals surface area contributed by atoms with Crippen LogP contribution in [0, 0.1) is 5.92 Å². The van der Waals surface area contributed by atoms with Crippen LogP contribution >= 0.6 is 0 Å². The summed E-state index contributed by atoms with van der Waals surface area (Å²) in [5, 5.41) is 3.29. The van der Waals surface area contributed by atoms with E-state index in [1.54, 1.807) is 19.2 Å². The van der Waals surface area contributed by atoms with Gasteiger partial charge in [0.1, 0.15) is 5.75 Å². The van der Waals surface area contributed by atoms with Gasteiger partial charge in [-0.2, -0.15) is 8.78 Å². The molecule has 0 aliphatic rings. The number of benzene rings is 1. The number of nitrogens with zero attached hydrogens (tertiary/aromatic N) is 2. The number of rotatable bonds is 10. The lowest BCUT2D eigenvalue weighted by atomic mass is 10.2. The Morgan fingerprint density at radius 2 is 1.92 bits per heavy atom. The van der Waals surface area contributed by atoms with Crippen molar-refractivity contribution in [3.05, 3.63) is 29.8 Å². The van der Waals surface area contributed by atoms with E-state index < -0.39 is 6.61 Å². The Bertz CT molecular complexity index is 508. The number of ether oxygens (including phenoxy) is 2. The van der Waals surface area contributed by atoms with Gasteiger partial charge in [-0.1, -0.05) is 26.0 Å². The molecular formula is C18H29F2N3O2. The molecule has 0 amide bonds. The first-order valence-corrected chi connectivity index (χ1v) is 8.45. The van der Waals surface area contributed by atoms with Crippen molar-refractivity contribution in [3.63, 3.8) is 0 Å². The SMILES string of the molecule is CN=C(NCCCOCC(C)C)N(C)Cc1ccc(OC(F)F)cc1. The molecule has 0 atom stereocenters. The Morgan fingerprint density at radius 3 is 2.48 bits per heavy atom. The number of hydrogen-bond donors (Lipinski definition) is 1. The topological polar surface area (TPSA) is 46.1 Å². The summed E-state index contributed by atoms with van der Waals surface area (Å²) in [4.78, 5) is 6.22. The van der Waals surface area contributed by atoms with Crippen molar-refractivity contribution in [2.45, 2.75) is 33.4 Å². The minimum Gasteiger partial charge on any atom is -0.435 e. The first kappa shape index (κ1) is 21.2. The third-order valence-corrected chi connectivity index (χ3v) is 3.34. The van der Waals surface area contributed by atoms with Crippen molar-refractivity contribution in [1.82, 2.24) is 10.2 Å². The third-order valence-electron chi connectivity index (χ3n) is 3.34. The monoisotopic (exact) mass is 357 g/mol. The molecule has 7 heteroatoms. The van der Waals surface area contributed by atoms with Crippen molar-refractivity contribution >= 4 is 5.96 Å². The molecule has 1 aromatic rings. The van der Waals surface area contributed by atoms with Crippen LogP contribution in [0.4, 0.5) is 8.78 Å². The van der Waals surface area contributed by atoms with E-state index in [0.717, 1.165) is 37.7 Å². The minimum atomic E-state index is -2.80. The van der Waals surface area contributed by atoms with Crippen LogP contribution in [-0.4, -0.2) is 51.3 Å². The Kier molecular flexibility index (Phi) is 9.84. The lowest BCUT2D eigenvalue weighted by molar-refractivity contribution is -0.0498. The summed E-state index contributed by atoms with van der Waals surface area (Å²) >= 11 is 0. The molecule has 0 aliphatic carbocycles. The van der Waals surface area contributed by atoms with E-state index in [2.05, 4.69) is 28.9 Å². The van der Waals surface area contributed by atoms with Gasteiger partial charge in [-0.3, -0.25) is 4.99 Å². The molecule has 0 unspecified atom stereocenters. The van der Waals surface area contributed by atoms with E-state index in [1.807, 2.05) is 11.9 Å². The summed E-state index contributed by atoms with van der Waals surface area (Å²) in [6.07, 6.45) is 0.902. The summed E-state index contributed by atoms with van der Waals surface area (Å²) in [5.41, 5.74) is 0.979. The largest absolute Gasteiger partial charge is 0.435 e.